The van der Waals surface area contributed by atoms with Crippen molar-refractivity contribution < 1.29 is 14.4 Å². The van der Waals surface area contributed by atoms with Gasteiger partial charge in [-0.2, -0.15) is 0 Å². The Kier molecular flexibility index (Phi) is 6.33. The molecule has 3 N–H and O–H groups in total. The van der Waals surface area contributed by atoms with Crippen molar-refractivity contribution in [3.8, 4) is 0 Å². The fourth-order valence-electron chi connectivity index (χ4n) is 2.86. The van der Waals surface area contributed by atoms with Crippen LogP contribution in [0.2, 0.25) is 0 Å². The van der Waals surface area contributed by atoms with E-state index in [9.17, 15) is 14.4 Å². The molecule has 0 aliphatic rings. The number of carbonyl (C=O) groups is 3. The lowest BCUT2D eigenvalue weighted by molar-refractivity contribution is -0.130. The summed E-state index contributed by atoms with van der Waals surface area (Å²) >= 11 is 0. The number of hydrogen-bond acceptors (Lipinski definition) is 3. The van der Waals surface area contributed by atoms with Crippen LogP contribution in [0.1, 0.15) is 32.8 Å². The van der Waals surface area contributed by atoms with E-state index in [0.29, 0.717) is 6.42 Å². The highest BCUT2D eigenvalue weighted by molar-refractivity contribution is 5.89. The molecule has 2 rings (SSSR count). The first kappa shape index (κ1) is 18.7. The molecule has 0 radical (unpaired) electrons. The lowest BCUT2D eigenvalue weighted by Crippen LogP contribution is -2.52. The first-order valence-electron chi connectivity index (χ1n) is 8.54. The summed E-state index contributed by atoms with van der Waals surface area (Å²) in [6.45, 7) is 5.23. The number of rotatable bonds is 8. The molecule has 0 fully saturated rings. The molecule has 0 spiro atoms. The molecule has 1 aromatic heterocycles. The Balaban J connectivity index is 2.10. The zero-order chi connectivity index (χ0) is 18.4. The Bertz CT molecular complexity index is 753. The van der Waals surface area contributed by atoms with Crippen LogP contribution in [0.15, 0.2) is 30.5 Å². The molecule has 1 unspecified atom stereocenters. The van der Waals surface area contributed by atoms with Gasteiger partial charge in [-0.3, -0.25) is 9.59 Å². The van der Waals surface area contributed by atoms with Crippen molar-refractivity contribution in [2.45, 2.75) is 45.7 Å². The molecule has 0 saturated heterocycles. The van der Waals surface area contributed by atoms with Gasteiger partial charge in [-0.1, -0.05) is 38.5 Å². The van der Waals surface area contributed by atoms with Crippen LogP contribution in [-0.2, 0) is 20.8 Å². The predicted octanol–water partition coefficient (Wildman–Crippen LogP) is 1.94. The quantitative estimate of drug-likeness (QED) is 0.640. The van der Waals surface area contributed by atoms with Crippen molar-refractivity contribution in [2.24, 2.45) is 5.92 Å². The molecular formula is C19H25N3O3. The summed E-state index contributed by atoms with van der Waals surface area (Å²) < 4.78 is 0. The van der Waals surface area contributed by atoms with Crippen LogP contribution in [0.3, 0.4) is 0 Å². The van der Waals surface area contributed by atoms with Gasteiger partial charge in [0.1, 0.15) is 12.3 Å². The summed E-state index contributed by atoms with van der Waals surface area (Å²) in [5.41, 5.74) is 1.96. The van der Waals surface area contributed by atoms with Crippen molar-refractivity contribution in [3.05, 3.63) is 36.0 Å². The van der Waals surface area contributed by atoms with E-state index in [2.05, 4.69) is 15.6 Å². The average molecular weight is 343 g/mol. The van der Waals surface area contributed by atoms with Gasteiger partial charge in [0.15, 0.2) is 0 Å². The fourth-order valence-corrected chi connectivity index (χ4v) is 2.86. The fraction of sp³-hybridized carbons (Fsp3) is 0.421. The standard InChI is InChI=1S/C19H25N3O3/c1-4-12(2)18(21-13(3)24)19(25)22-15(11-23)9-14-10-20-17-8-6-5-7-16(14)17/h5-8,10-12,15,18,20H,4,9H2,1-3H3,(H,21,24)(H,22,25)/t12-,15-,18?/m0/s1. The number of benzene rings is 1. The van der Waals surface area contributed by atoms with Crippen LogP contribution < -0.4 is 10.6 Å². The van der Waals surface area contributed by atoms with Gasteiger partial charge in [-0.15, -0.1) is 0 Å². The van der Waals surface area contributed by atoms with Gasteiger partial charge in [0.25, 0.3) is 0 Å². The van der Waals surface area contributed by atoms with Crippen LogP contribution in [-0.4, -0.2) is 35.2 Å². The van der Waals surface area contributed by atoms with Crippen LogP contribution >= 0.6 is 0 Å². The molecule has 1 aromatic carbocycles. The maximum absolute atomic E-state index is 12.5. The van der Waals surface area contributed by atoms with Gasteiger partial charge >= 0.3 is 0 Å². The number of aldehydes is 1. The summed E-state index contributed by atoms with van der Waals surface area (Å²) in [5.74, 6) is -0.620. The molecule has 6 nitrogen and oxygen atoms in total. The number of carbonyl (C=O) groups excluding carboxylic acids is 3. The second kappa shape index (κ2) is 8.46. The van der Waals surface area contributed by atoms with Gasteiger partial charge in [-0.25, -0.2) is 0 Å². The van der Waals surface area contributed by atoms with E-state index in [-0.39, 0.29) is 17.7 Å². The molecule has 6 heteroatoms. The molecule has 2 amide bonds. The van der Waals surface area contributed by atoms with E-state index >= 15 is 0 Å². The van der Waals surface area contributed by atoms with Gasteiger partial charge in [0.05, 0.1) is 6.04 Å². The predicted molar refractivity (Wildman–Crippen MR) is 97.1 cm³/mol. The highest BCUT2D eigenvalue weighted by atomic mass is 16.2. The number of hydrogen-bond donors (Lipinski definition) is 3. The van der Waals surface area contributed by atoms with E-state index in [1.54, 1.807) is 0 Å². The van der Waals surface area contributed by atoms with Gasteiger partial charge in [0.2, 0.25) is 11.8 Å². The number of fused-ring (bicyclic) bond motifs is 1. The van der Waals surface area contributed by atoms with Crippen molar-refractivity contribution in [2.75, 3.05) is 0 Å². The Labute approximate surface area is 147 Å². The number of para-hydroxylation sites is 1. The number of aromatic amines is 1. The number of H-pyrrole nitrogens is 1. The van der Waals surface area contributed by atoms with E-state index in [0.717, 1.165) is 29.2 Å². The molecule has 134 valence electrons. The normalized spacial score (nSPS) is 14.5. The summed E-state index contributed by atoms with van der Waals surface area (Å²) in [7, 11) is 0. The SMILES string of the molecule is CC[C@H](C)C(NC(C)=O)C(=O)N[C@H](C=O)Cc1c[nH]c2ccccc12. The van der Waals surface area contributed by atoms with Crippen molar-refractivity contribution in [3.63, 3.8) is 0 Å². The smallest absolute Gasteiger partial charge is 0.243 e. The van der Waals surface area contributed by atoms with Gasteiger partial charge < -0.3 is 20.4 Å². The van der Waals surface area contributed by atoms with Crippen molar-refractivity contribution >= 4 is 29.0 Å². The number of nitrogens with one attached hydrogen (secondary N) is 3. The van der Waals surface area contributed by atoms with E-state index in [1.807, 2.05) is 44.3 Å². The third kappa shape index (κ3) is 4.68. The summed E-state index contributed by atoms with van der Waals surface area (Å²) in [5, 5.41) is 6.46. The monoisotopic (exact) mass is 343 g/mol. The van der Waals surface area contributed by atoms with E-state index in [4.69, 9.17) is 0 Å². The Hall–Kier alpha value is -2.63. The Morgan fingerprint density at radius 3 is 2.60 bits per heavy atom. The Morgan fingerprint density at radius 1 is 1.24 bits per heavy atom. The number of amides is 2. The van der Waals surface area contributed by atoms with Crippen LogP contribution in [0, 0.1) is 5.92 Å². The minimum absolute atomic E-state index is 0.0238. The minimum atomic E-state index is -0.646. The summed E-state index contributed by atoms with van der Waals surface area (Å²) in [6, 6.07) is 6.52. The average Bonchev–Trinajstić information content (AvgIpc) is 3.01. The second-order valence-corrected chi connectivity index (χ2v) is 6.38. The minimum Gasteiger partial charge on any atom is -0.361 e. The molecule has 2 aromatic rings. The second-order valence-electron chi connectivity index (χ2n) is 6.38. The topological polar surface area (TPSA) is 91.1 Å². The van der Waals surface area contributed by atoms with Crippen molar-refractivity contribution in [1.29, 1.82) is 0 Å². The highest BCUT2D eigenvalue weighted by Gasteiger charge is 2.26. The zero-order valence-corrected chi connectivity index (χ0v) is 14.8. The molecule has 0 saturated carbocycles. The van der Waals surface area contributed by atoms with Gasteiger partial charge in [0, 0.05) is 30.4 Å². The molecule has 0 aliphatic carbocycles. The molecule has 3 atom stereocenters. The third-order valence-electron chi connectivity index (χ3n) is 4.46. The molecule has 0 aliphatic heterocycles. The van der Waals surface area contributed by atoms with Crippen molar-refractivity contribution in [1.82, 2.24) is 15.6 Å². The first-order chi connectivity index (χ1) is 12.0. The molecule has 1 heterocycles. The molecule has 0 bridgehead atoms. The summed E-state index contributed by atoms with van der Waals surface area (Å²) in [4.78, 5) is 38.6. The van der Waals surface area contributed by atoms with E-state index < -0.39 is 12.1 Å². The lowest BCUT2D eigenvalue weighted by atomic mass is 9.97. The zero-order valence-electron chi connectivity index (χ0n) is 14.8. The van der Waals surface area contributed by atoms with Gasteiger partial charge in [-0.05, 0) is 17.5 Å². The van der Waals surface area contributed by atoms with E-state index in [1.165, 1.54) is 6.92 Å². The van der Waals surface area contributed by atoms with Crippen LogP contribution in [0.4, 0.5) is 0 Å². The largest absolute Gasteiger partial charge is 0.361 e. The lowest BCUT2D eigenvalue weighted by Gasteiger charge is -2.24. The third-order valence-corrected chi connectivity index (χ3v) is 4.46. The van der Waals surface area contributed by atoms with Crippen LogP contribution in [0.5, 0.6) is 0 Å². The maximum Gasteiger partial charge on any atom is 0.243 e. The van der Waals surface area contributed by atoms with Crippen LogP contribution in [0.25, 0.3) is 10.9 Å². The molecule has 25 heavy (non-hydrogen) atoms. The first-order valence-corrected chi connectivity index (χ1v) is 8.54. The molecular weight excluding hydrogens is 318 g/mol. The summed E-state index contributed by atoms with van der Waals surface area (Å²) in [6.07, 6.45) is 3.73. The highest BCUT2D eigenvalue weighted by Crippen LogP contribution is 2.19. The number of aromatic nitrogens is 1. The maximum atomic E-state index is 12.5. The Morgan fingerprint density at radius 2 is 1.96 bits per heavy atom.